The van der Waals surface area contributed by atoms with Crippen molar-refractivity contribution < 1.29 is 32.3 Å². The Labute approximate surface area is 199 Å². The van der Waals surface area contributed by atoms with Crippen LogP contribution in [0.3, 0.4) is 0 Å². The van der Waals surface area contributed by atoms with Gasteiger partial charge in [-0.2, -0.15) is 13.2 Å². The number of halogens is 4. The molecule has 1 aliphatic carbocycles. The van der Waals surface area contributed by atoms with Crippen LogP contribution >= 0.6 is 0 Å². The summed E-state index contributed by atoms with van der Waals surface area (Å²) < 4.78 is 54.5. The van der Waals surface area contributed by atoms with Crippen LogP contribution in [0.25, 0.3) is 10.9 Å². The molecular weight excluding hydrogens is 464 g/mol. The highest BCUT2D eigenvalue weighted by Gasteiger charge is 2.34. The molecule has 9 heteroatoms. The predicted molar refractivity (Wildman–Crippen MR) is 122 cm³/mol. The Bertz CT molecular complexity index is 1230. The molecule has 0 radical (unpaired) electrons. The van der Waals surface area contributed by atoms with Crippen LogP contribution in [-0.4, -0.2) is 27.6 Å². The minimum Gasteiger partial charge on any atom is -0.481 e. The molecule has 1 amide bonds. The number of alkyl halides is 3. The molecule has 4 rings (SSSR count). The molecule has 5 nitrogen and oxygen atoms in total. The fourth-order valence-corrected chi connectivity index (χ4v) is 4.77. The predicted octanol–water partition coefficient (Wildman–Crippen LogP) is 5.86. The standard InChI is InChI=1S/C26H26F4N2O3/c1-2-17(25(34)35)9-16-10-21(11-16)31-24(33)22-13-20(27)12-18-7-8-32(23(18)22)14-15-3-5-19(6-4-15)26(28,29)30/h3-8,12-13,16-17,21H,2,9-11,14H2,1H3,(H,31,33)(H,34,35)/t16?,17-,21?/m1/s1. The van der Waals surface area contributed by atoms with Gasteiger partial charge in [0.15, 0.2) is 0 Å². The van der Waals surface area contributed by atoms with Crippen molar-refractivity contribution >= 4 is 22.8 Å². The maximum Gasteiger partial charge on any atom is 0.416 e. The van der Waals surface area contributed by atoms with Crippen LogP contribution in [0.1, 0.15) is 54.1 Å². The van der Waals surface area contributed by atoms with E-state index in [0.717, 1.165) is 18.2 Å². The smallest absolute Gasteiger partial charge is 0.416 e. The summed E-state index contributed by atoms with van der Waals surface area (Å²) in [6.07, 6.45) is -0.290. The molecular formula is C26H26F4N2O3. The summed E-state index contributed by atoms with van der Waals surface area (Å²) in [6.45, 7) is 2.05. The van der Waals surface area contributed by atoms with Crippen LogP contribution in [0.15, 0.2) is 48.7 Å². The van der Waals surface area contributed by atoms with Crippen molar-refractivity contribution in [2.75, 3.05) is 0 Å². The van der Waals surface area contributed by atoms with E-state index in [1.54, 1.807) is 16.8 Å². The van der Waals surface area contributed by atoms with E-state index in [0.29, 0.717) is 42.1 Å². The molecule has 0 saturated heterocycles. The number of aromatic nitrogens is 1. The second-order valence-electron chi connectivity index (χ2n) is 9.22. The van der Waals surface area contributed by atoms with Crippen molar-refractivity contribution in [1.29, 1.82) is 0 Å². The Morgan fingerprint density at radius 3 is 2.43 bits per heavy atom. The van der Waals surface area contributed by atoms with Gasteiger partial charge in [-0.15, -0.1) is 0 Å². The highest BCUT2D eigenvalue weighted by molar-refractivity contribution is 6.06. The van der Waals surface area contributed by atoms with Crippen molar-refractivity contribution in [3.05, 3.63) is 71.2 Å². The second-order valence-corrected chi connectivity index (χ2v) is 9.22. The van der Waals surface area contributed by atoms with Crippen LogP contribution in [0.2, 0.25) is 0 Å². The van der Waals surface area contributed by atoms with Gasteiger partial charge in [0.05, 0.1) is 22.6 Å². The number of carboxylic acid groups (broad SMARTS) is 1. The Morgan fingerprint density at radius 1 is 1.14 bits per heavy atom. The van der Waals surface area contributed by atoms with Gasteiger partial charge in [0.2, 0.25) is 0 Å². The van der Waals surface area contributed by atoms with Gasteiger partial charge in [0, 0.05) is 24.2 Å². The first kappa shape index (κ1) is 24.8. The number of carbonyl (C=O) groups is 2. The lowest BCUT2D eigenvalue weighted by Crippen LogP contribution is -2.45. The van der Waals surface area contributed by atoms with E-state index < -0.39 is 35.4 Å². The number of carbonyl (C=O) groups excluding carboxylic acids is 1. The molecule has 1 saturated carbocycles. The van der Waals surface area contributed by atoms with Crippen LogP contribution in [0, 0.1) is 17.7 Å². The first-order valence-electron chi connectivity index (χ1n) is 11.5. The Kier molecular flexibility index (Phi) is 6.87. The molecule has 1 atom stereocenters. The molecule has 2 N–H and O–H groups in total. The fraction of sp³-hybridized carbons (Fsp3) is 0.385. The maximum absolute atomic E-state index is 14.3. The molecule has 3 aromatic rings. The van der Waals surface area contributed by atoms with Crippen LogP contribution in [0.5, 0.6) is 0 Å². The first-order chi connectivity index (χ1) is 16.5. The number of rotatable bonds is 8. The number of nitrogens with zero attached hydrogens (tertiary/aromatic N) is 1. The molecule has 0 bridgehead atoms. The van der Waals surface area contributed by atoms with Gasteiger partial charge in [-0.3, -0.25) is 9.59 Å². The molecule has 2 aromatic carbocycles. The number of hydrogen-bond acceptors (Lipinski definition) is 2. The van der Waals surface area contributed by atoms with Crippen molar-refractivity contribution in [3.8, 4) is 0 Å². The van der Waals surface area contributed by atoms with Gasteiger partial charge in [0.1, 0.15) is 5.82 Å². The van der Waals surface area contributed by atoms with Gasteiger partial charge >= 0.3 is 12.1 Å². The third-order valence-corrected chi connectivity index (χ3v) is 6.74. The summed E-state index contributed by atoms with van der Waals surface area (Å²) in [4.78, 5) is 24.3. The summed E-state index contributed by atoms with van der Waals surface area (Å²) in [5, 5.41) is 12.7. The molecule has 0 spiro atoms. The minimum atomic E-state index is -4.42. The average Bonchev–Trinajstić information content (AvgIpc) is 3.16. The van der Waals surface area contributed by atoms with Crippen molar-refractivity contribution in [1.82, 2.24) is 9.88 Å². The van der Waals surface area contributed by atoms with E-state index in [1.807, 2.05) is 6.92 Å². The van der Waals surface area contributed by atoms with Crippen molar-refractivity contribution in [2.45, 2.75) is 51.4 Å². The SMILES string of the molecule is CC[C@H](CC1CC(NC(=O)c2cc(F)cc3ccn(Cc4ccc(C(F)(F)F)cc4)c23)C1)C(=O)O. The minimum absolute atomic E-state index is 0.115. The molecule has 1 heterocycles. The highest BCUT2D eigenvalue weighted by Crippen LogP contribution is 2.35. The number of aliphatic carboxylic acids is 1. The zero-order valence-electron chi connectivity index (χ0n) is 19.1. The third kappa shape index (κ3) is 5.49. The largest absolute Gasteiger partial charge is 0.481 e. The van der Waals surface area contributed by atoms with Gasteiger partial charge < -0.3 is 15.0 Å². The number of nitrogens with one attached hydrogen (secondary N) is 1. The van der Waals surface area contributed by atoms with E-state index >= 15 is 0 Å². The Hall–Kier alpha value is -3.36. The van der Waals surface area contributed by atoms with E-state index in [4.69, 9.17) is 0 Å². The Balaban J connectivity index is 1.49. The highest BCUT2D eigenvalue weighted by atomic mass is 19.4. The van der Waals surface area contributed by atoms with Gasteiger partial charge in [-0.25, -0.2) is 4.39 Å². The molecule has 1 aromatic heterocycles. The topological polar surface area (TPSA) is 71.3 Å². The summed E-state index contributed by atoms with van der Waals surface area (Å²) >= 11 is 0. The van der Waals surface area contributed by atoms with Crippen molar-refractivity contribution in [3.63, 3.8) is 0 Å². The normalized spacial score (nSPS) is 18.8. The lowest BCUT2D eigenvalue weighted by atomic mass is 9.74. The van der Waals surface area contributed by atoms with Crippen molar-refractivity contribution in [2.24, 2.45) is 11.8 Å². The molecule has 186 valence electrons. The summed E-state index contributed by atoms with van der Waals surface area (Å²) in [6, 6.07) is 8.80. The lowest BCUT2D eigenvalue weighted by molar-refractivity contribution is -0.143. The zero-order valence-corrected chi connectivity index (χ0v) is 19.1. The number of carboxylic acids is 1. The van der Waals surface area contributed by atoms with E-state index in [9.17, 15) is 32.3 Å². The van der Waals surface area contributed by atoms with Crippen LogP contribution < -0.4 is 5.32 Å². The summed E-state index contributed by atoms with van der Waals surface area (Å²) in [5.41, 5.74) is 0.513. The average molecular weight is 490 g/mol. The third-order valence-electron chi connectivity index (χ3n) is 6.74. The van der Waals surface area contributed by atoms with E-state index in [-0.39, 0.29) is 24.1 Å². The van der Waals surface area contributed by atoms with Gasteiger partial charge in [-0.05, 0) is 67.5 Å². The number of fused-ring (bicyclic) bond motifs is 1. The van der Waals surface area contributed by atoms with Crippen LogP contribution in [0.4, 0.5) is 17.6 Å². The van der Waals surface area contributed by atoms with Gasteiger partial charge in [-0.1, -0.05) is 19.1 Å². The fourth-order valence-electron chi connectivity index (χ4n) is 4.77. The van der Waals surface area contributed by atoms with E-state index in [2.05, 4.69) is 5.32 Å². The van der Waals surface area contributed by atoms with Gasteiger partial charge in [0.25, 0.3) is 5.91 Å². The van der Waals surface area contributed by atoms with E-state index in [1.165, 1.54) is 18.2 Å². The summed E-state index contributed by atoms with van der Waals surface area (Å²) in [5.74, 6) is -1.98. The number of hydrogen-bond donors (Lipinski definition) is 2. The number of amides is 1. The molecule has 0 aliphatic heterocycles. The summed E-state index contributed by atoms with van der Waals surface area (Å²) in [7, 11) is 0. The van der Waals surface area contributed by atoms with Crippen LogP contribution in [-0.2, 0) is 17.5 Å². The lowest BCUT2D eigenvalue weighted by Gasteiger charge is -2.37. The molecule has 1 fully saturated rings. The quantitative estimate of drug-likeness (QED) is 0.389. The zero-order chi connectivity index (χ0) is 25.3. The monoisotopic (exact) mass is 490 g/mol. The number of benzene rings is 2. The molecule has 0 unspecified atom stereocenters. The maximum atomic E-state index is 14.3. The second kappa shape index (κ2) is 9.71. The first-order valence-corrected chi connectivity index (χ1v) is 11.5. The Morgan fingerprint density at radius 2 is 1.83 bits per heavy atom. The molecule has 1 aliphatic rings. The molecule has 35 heavy (non-hydrogen) atoms.